The molecule has 120 valence electrons. The van der Waals surface area contributed by atoms with Crippen LogP contribution in [0, 0.1) is 0 Å². The molecular weight excluding hydrogens is 346 g/mol. The SMILES string of the molecule is CCOC(=O)C1=NOC(c2ccc(Cl)cc2Cl)(C(F)(F)F)C1. The molecule has 0 fully saturated rings. The number of rotatable bonds is 3. The van der Waals surface area contributed by atoms with Crippen LogP contribution >= 0.6 is 23.2 Å². The molecule has 9 heteroatoms. The van der Waals surface area contributed by atoms with Gasteiger partial charge in [-0.2, -0.15) is 13.2 Å². The van der Waals surface area contributed by atoms with Gasteiger partial charge in [-0.15, -0.1) is 0 Å². The second kappa shape index (κ2) is 5.96. The quantitative estimate of drug-likeness (QED) is 0.767. The van der Waals surface area contributed by atoms with E-state index >= 15 is 0 Å². The van der Waals surface area contributed by atoms with Crippen molar-refractivity contribution in [1.82, 2.24) is 0 Å². The minimum absolute atomic E-state index is 0.0125. The third-order valence-electron chi connectivity index (χ3n) is 3.06. The predicted molar refractivity (Wildman–Crippen MR) is 74.0 cm³/mol. The van der Waals surface area contributed by atoms with E-state index in [1.807, 2.05) is 0 Å². The molecule has 1 aliphatic heterocycles. The molecule has 0 saturated carbocycles. The third kappa shape index (κ3) is 2.87. The van der Waals surface area contributed by atoms with Gasteiger partial charge in [0.05, 0.1) is 13.0 Å². The van der Waals surface area contributed by atoms with Crippen molar-refractivity contribution in [3.05, 3.63) is 33.8 Å². The molecule has 0 saturated heterocycles. The van der Waals surface area contributed by atoms with E-state index < -0.39 is 29.9 Å². The van der Waals surface area contributed by atoms with E-state index in [4.69, 9.17) is 23.2 Å². The summed E-state index contributed by atoms with van der Waals surface area (Å²) in [5, 5.41) is 3.19. The number of halogens is 5. The summed E-state index contributed by atoms with van der Waals surface area (Å²) in [6.07, 6.45) is -5.67. The molecule has 0 radical (unpaired) electrons. The molecule has 0 aromatic heterocycles. The fraction of sp³-hybridized carbons (Fsp3) is 0.385. The molecule has 1 aromatic rings. The third-order valence-corrected chi connectivity index (χ3v) is 3.61. The number of carbonyl (C=O) groups is 1. The van der Waals surface area contributed by atoms with E-state index in [9.17, 15) is 18.0 Å². The first-order chi connectivity index (χ1) is 10.2. The van der Waals surface area contributed by atoms with Gasteiger partial charge in [0.2, 0.25) is 0 Å². The molecule has 4 nitrogen and oxygen atoms in total. The highest BCUT2D eigenvalue weighted by Crippen LogP contribution is 2.50. The Morgan fingerprint density at radius 2 is 2.14 bits per heavy atom. The lowest BCUT2D eigenvalue weighted by Gasteiger charge is -2.30. The Kier molecular flexibility index (Phi) is 4.58. The van der Waals surface area contributed by atoms with Crippen molar-refractivity contribution in [3.63, 3.8) is 0 Å². The summed E-state index contributed by atoms with van der Waals surface area (Å²) in [5.74, 6) is -0.960. The molecule has 22 heavy (non-hydrogen) atoms. The Labute approximate surface area is 133 Å². The van der Waals surface area contributed by atoms with Crippen LogP contribution in [0.3, 0.4) is 0 Å². The van der Waals surface area contributed by atoms with Gasteiger partial charge in [0.1, 0.15) is 0 Å². The maximum Gasteiger partial charge on any atom is 0.435 e. The summed E-state index contributed by atoms with van der Waals surface area (Å²) in [5.41, 5.74) is -3.66. The van der Waals surface area contributed by atoms with Crippen LogP contribution in [0.15, 0.2) is 23.4 Å². The molecule has 1 atom stereocenters. The van der Waals surface area contributed by atoms with Crippen LogP contribution in [-0.4, -0.2) is 24.5 Å². The minimum atomic E-state index is -4.85. The lowest BCUT2D eigenvalue weighted by molar-refractivity contribution is -0.275. The summed E-state index contributed by atoms with van der Waals surface area (Å²) in [7, 11) is 0. The Morgan fingerprint density at radius 1 is 1.45 bits per heavy atom. The molecule has 0 aliphatic carbocycles. The van der Waals surface area contributed by atoms with E-state index in [1.54, 1.807) is 0 Å². The zero-order valence-electron chi connectivity index (χ0n) is 11.2. The summed E-state index contributed by atoms with van der Waals surface area (Å²) < 4.78 is 45.3. The number of oxime groups is 1. The Morgan fingerprint density at radius 3 is 2.68 bits per heavy atom. The van der Waals surface area contributed by atoms with E-state index in [1.165, 1.54) is 13.0 Å². The van der Waals surface area contributed by atoms with E-state index in [-0.39, 0.29) is 22.2 Å². The van der Waals surface area contributed by atoms with Crippen molar-refractivity contribution in [3.8, 4) is 0 Å². The van der Waals surface area contributed by atoms with Gasteiger partial charge in [0, 0.05) is 15.6 Å². The summed E-state index contributed by atoms with van der Waals surface area (Å²) in [4.78, 5) is 16.2. The van der Waals surface area contributed by atoms with Crippen molar-refractivity contribution in [2.24, 2.45) is 5.16 Å². The first-order valence-electron chi connectivity index (χ1n) is 6.15. The number of alkyl halides is 3. The maximum absolute atomic E-state index is 13.6. The molecule has 0 bridgehead atoms. The molecule has 2 rings (SSSR count). The number of carbonyl (C=O) groups excluding carboxylic acids is 1. The van der Waals surface area contributed by atoms with Gasteiger partial charge in [-0.3, -0.25) is 0 Å². The first kappa shape index (κ1) is 16.9. The monoisotopic (exact) mass is 355 g/mol. The van der Waals surface area contributed by atoms with E-state index in [2.05, 4.69) is 14.7 Å². The topological polar surface area (TPSA) is 47.9 Å². The number of esters is 1. The van der Waals surface area contributed by atoms with Crippen LogP contribution in [-0.2, 0) is 20.0 Å². The van der Waals surface area contributed by atoms with Crippen molar-refractivity contribution >= 4 is 34.9 Å². The molecule has 1 unspecified atom stereocenters. The van der Waals surface area contributed by atoms with Crippen molar-refractivity contribution in [1.29, 1.82) is 0 Å². The molecule has 0 N–H and O–H groups in total. The number of benzene rings is 1. The first-order valence-corrected chi connectivity index (χ1v) is 6.91. The van der Waals surface area contributed by atoms with Crippen LogP contribution < -0.4 is 0 Å². The summed E-state index contributed by atoms with van der Waals surface area (Å²) in [6.45, 7) is 1.54. The van der Waals surface area contributed by atoms with Gasteiger partial charge >= 0.3 is 12.1 Å². The average molecular weight is 356 g/mol. The molecule has 0 spiro atoms. The van der Waals surface area contributed by atoms with Crippen LogP contribution in [0.4, 0.5) is 13.2 Å². The van der Waals surface area contributed by atoms with Gasteiger partial charge in [0.15, 0.2) is 5.71 Å². The molecule has 0 amide bonds. The Balaban J connectivity index is 2.44. The lowest BCUT2D eigenvalue weighted by Crippen LogP contribution is -2.43. The second-order valence-electron chi connectivity index (χ2n) is 4.48. The predicted octanol–water partition coefficient (Wildman–Crippen LogP) is 4.09. The number of ether oxygens (including phenoxy) is 1. The van der Waals surface area contributed by atoms with Crippen molar-refractivity contribution < 1.29 is 27.5 Å². The largest absolute Gasteiger partial charge is 0.461 e. The minimum Gasteiger partial charge on any atom is -0.461 e. The fourth-order valence-corrected chi connectivity index (χ4v) is 2.58. The Hall–Kier alpha value is -1.47. The van der Waals surface area contributed by atoms with Gasteiger partial charge < -0.3 is 9.57 Å². The standard InChI is InChI=1S/C13H10Cl2F3NO3/c1-2-21-11(20)10-6-12(22-19-10,13(16,17)18)8-4-3-7(14)5-9(8)15/h3-5H,2,6H2,1H3. The van der Waals surface area contributed by atoms with Crippen LogP contribution in [0.1, 0.15) is 18.9 Å². The van der Waals surface area contributed by atoms with Gasteiger partial charge in [-0.1, -0.05) is 34.4 Å². The van der Waals surface area contributed by atoms with Crippen LogP contribution in [0.5, 0.6) is 0 Å². The molecular formula is C13H10Cl2F3NO3. The fourth-order valence-electron chi connectivity index (χ4n) is 2.02. The van der Waals surface area contributed by atoms with E-state index in [0.29, 0.717) is 0 Å². The number of nitrogens with zero attached hydrogens (tertiary/aromatic N) is 1. The highest BCUT2D eigenvalue weighted by Gasteiger charge is 2.63. The zero-order valence-corrected chi connectivity index (χ0v) is 12.7. The van der Waals surface area contributed by atoms with E-state index in [0.717, 1.165) is 12.1 Å². The maximum atomic E-state index is 13.6. The van der Waals surface area contributed by atoms with Gasteiger partial charge in [0.25, 0.3) is 5.60 Å². The molecule has 1 aliphatic rings. The normalized spacial score (nSPS) is 21.3. The summed E-state index contributed by atoms with van der Waals surface area (Å²) in [6, 6.07) is 3.52. The Bertz CT molecular complexity index is 633. The summed E-state index contributed by atoms with van der Waals surface area (Å²) >= 11 is 11.6. The van der Waals surface area contributed by atoms with Crippen LogP contribution in [0.2, 0.25) is 10.0 Å². The van der Waals surface area contributed by atoms with Gasteiger partial charge in [-0.25, -0.2) is 4.79 Å². The second-order valence-corrected chi connectivity index (χ2v) is 5.32. The molecule has 1 aromatic carbocycles. The van der Waals surface area contributed by atoms with Gasteiger partial charge in [-0.05, 0) is 19.1 Å². The lowest BCUT2D eigenvalue weighted by atomic mass is 9.88. The number of hydrogen-bond acceptors (Lipinski definition) is 4. The average Bonchev–Trinajstić information content (AvgIpc) is 2.84. The number of hydrogen-bond donors (Lipinski definition) is 0. The smallest absolute Gasteiger partial charge is 0.435 e. The van der Waals surface area contributed by atoms with Crippen molar-refractivity contribution in [2.75, 3.05) is 6.61 Å². The van der Waals surface area contributed by atoms with Crippen molar-refractivity contribution in [2.45, 2.75) is 25.1 Å². The molecule has 1 heterocycles. The highest BCUT2D eigenvalue weighted by molar-refractivity contribution is 6.37. The highest BCUT2D eigenvalue weighted by atomic mass is 35.5. The zero-order chi connectivity index (χ0) is 16.5. The van der Waals surface area contributed by atoms with Crippen LogP contribution in [0.25, 0.3) is 0 Å².